The Balaban J connectivity index is 0.00000220. The van der Waals surface area contributed by atoms with Gasteiger partial charge in [0.15, 0.2) is 12.4 Å². The number of benzene rings is 1. The van der Waals surface area contributed by atoms with E-state index in [2.05, 4.69) is 6.07 Å². The number of pyridine rings is 1. The van der Waals surface area contributed by atoms with Gasteiger partial charge in [0.2, 0.25) is 0 Å². The van der Waals surface area contributed by atoms with Crippen LogP contribution < -0.4 is 10.3 Å². The summed E-state index contributed by atoms with van der Waals surface area (Å²) in [6.07, 6.45) is 0. The first-order chi connectivity index (χ1) is 9.67. The third kappa shape index (κ3) is 4.40. The molecule has 0 N–H and O–H groups in total. The molecule has 6 heteroatoms. The largest absolute Gasteiger partial charge is 0.468 e. The van der Waals surface area contributed by atoms with E-state index in [1.54, 1.807) is 29.9 Å². The number of aromatic nitrogens is 1. The van der Waals surface area contributed by atoms with E-state index in [0.29, 0.717) is 23.0 Å². The van der Waals surface area contributed by atoms with E-state index < -0.39 is 0 Å². The minimum absolute atomic E-state index is 0. The zero-order valence-electron chi connectivity index (χ0n) is 11.9. The fourth-order valence-corrected chi connectivity index (χ4v) is 2.17. The molecule has 109 valence electrons. The second-order valence-corrected chi connectivity index (χ2v) is 4.51. The van der Waals surface area contributed by atoms with E-state index in [0.717, 1.165) is 5.56 Å². The topological polar surface area (TPSA) is 40.5 Å². The van der Waals surface area contributed by atoms with Crippen LogP contribution in [0.15, 0.2) is 35.1 Å². The summed E-state index contributed by atoms with van der Waals surface area (Å²) in [4.78, 5) is 11.8. The summed E-state index contributed by atoms with van der Waals surface area (Å²) >= 11 is 6.27. The number of rotatable bonds is 5. The molecule has 0 unspecified atom stereocenters. The number of halogens is 1. The first-order valence-electron chi connectivity index (χ1n) is 6.20. The van der Waals surface area contributed by atoms with Crippen molar-refractivity contribution in [2.75, 3.05) is 13.9 Å². The van der Waals surface area contributed by atoms with Gasteiger partial charge in [-0.3, -0.25) is 4.79 Å². The zero-order chi connectivity index (χ0) is 14.5. The van der Waals surface area contributed by atoms with E-state index in [1.165, 1.54) is 6.07 Å². The molecule has 0 aliphatic heterocycles. The molecule has 0 aliphatic carbocycles. The Morgan fingerprint density at radius 2 is 2.10 bits per heavy atom. The second kappa shape index (κ2) is 8.69. The van der Waals surface area contributed by atoms with Crippen LogP contribution in [0.4, 0.5) is 0 Å². The van der Waals surface area contributed by atoms with Crippen molar-refractivity contribution in [3.63, 3.8) is 0 Å². The van der Waals surface area contributed by atoms with Crippen LogP contribution in [0.2, 0.25) is 5.02 Å². The van der Waals surface area contributed by atoms with Gasteiger partial charge < -0.3 is 14.0 Å². The number of ether oxygens (including phenoxy) is 2. The first-order valence-corrected chi connectivity index (χ1v) is 6.58. The molecule has 1 aromatic heterocycles. The molecule has 2 rings (SSSR count). The van der Waals surface area contributed by atoms with E-state index in [9.17, 15) is 4.79 Å². The van der Waals surface area contributed by atoms with Gasteiger partial charge >= 0.3 is 0 Å². The maximum absolute atomic E-state index is 11.8. The maximum atomic E-state index is 11.8. The molecule has 2 aromatic rings. The number of nitrogens with zero attached hydrogens (tertiary/aromatic N) is 1. The standard InChI is InChI=1S/C15H15ClNO3.Y/c1-3-17-14(5-4-6-15(17)18)12-8-7-11(9-13(12)16)20-10-19-2;/h4,6-9H,3,10H2,1-2H3;/q-1;. The van der Waals surface area contributed by atoms with Crippen LogP contribution >= 0.6 is 11.6 Å². The monoisotopic (exact) mass is 381 g/mol. The van der Waals surface area contributed by atoms with Crippen LogP contribution in [0.5, 0.6) is 5.75 Å². The molecule has 0 aliphatic rings. The molecule has 0 bridgehead atoms. The van der Waals surface area contributed by atoms with Crippen molar-refractivity contribution >= 4 is 11.6 Å². The van der Waals surface area contributed by atoms with Crippen molar-refractivity contribution in [2.24, 2.45) is 0 Å². The molecule has 0 saturated carbocycles. The summed E-state index contributed by atoms with van der Waals surface area (Å²) in [6, 6.07) is 11.4. The fourth-order valence-electron chi connectivity index (χ4n) is 1.91. The van der Waals surface area contributed by atoms with Gasteiger partial charge in [-0.2, -0.15) is 12.1 Å². The molecule has 21 heavy (non-hydrogen) atoms. The van der Waals surface area contributed by atoms with Crippen molar-refractivity contribution in [2.45, 2.75) is 13.5 Å². The van der Waals surface area contributed by atoms with E-state index in [-0.39, 0.29) is 45.1 Å². The molecule has 1 aromatic carbocycles. The fraction of sp³-hybridized carbons (Fsp3) is 0.267. The van der Waals surface area contributed by atoms with E-state index >= 15 is 0 Å². The predicted molar refractivity (Wildman–Crippen MR) is 78.2 cm³/mol. The summed E-state index contributed by atoms with van der Waals surface area (Å²) in [5.41, 5.74) is 1.34. The number of hydrogen-bond acceptors (Lipinski definition) is 3. The van der Waals surface area contributed by atoms with Gasteiger partial charge in [-0.1, -0.05) is 28.9 Å². The van der Waals surface area contributed by atoms with E-state index in [1.807, 2.05) is 13.0 Å². The molecule has 0 atom stereocenters. The Morgan fingerprint density at radius 3 is 2.71 bits per heavy atom. The molecule has 0 spiro atoms. The smallest absolute Gasteiger partial charge is 0.194 e. The molecule has 0 saturated heterocycles. The summed E-state index contributed by atoms with van der Waals surface area (Å²) in [6.45, 7) is 2.62. The molecular formula is C15H15ClNO3Y-. The maximum Gasteiger partial charge on any atom is 0.194 e. The van der Waals surface area contributed by atoms with Crippen LogP contribution in [0.25, 0.3) is 11.3 Å². The predicted octanol–water partition coefficient (Wildman–Crippen LogP) is 2.97. The minimum Gasteiger partial charge on any atom is -0.468 e. The molecule has 0 fully saturated rings. The molecule has 4 nitrogen and oxygen atoms in total. The Morgan fingerprint density at radius 1 is 1.33 bits per heavy atom. The van der Waals surface area contributed by atoms with Crippen LogP contribution in [-0.4, -0.2) is 18.5 Å². The van der Waals surface area contributed by atoms with Gasteiger partial charge in [-0.25, -0.2) is 0 Å². The first kappa shape index (κ1) is 18.4. The van der Waals surface area contributed by atoms with Gasteiger partial charge in [0.05, 0.1) is 0 Å². The Labute approximate surface area is 153 Å². The van der Waals surface area contributed by atoms with Gasteiger partial charge in [0.1, 0.15) is 5.75 Å². The quantitative estimate of drug-likeness (QED) is 0.590. The van der Waals surface area contributed by atoms with Crippen molar-refractivity contribution in [1.29, 1.82) is 0 Å². The Hall–Kier alpha value is -0.676. The normalized spacial score (nSPS) is 10.0. The average molecular weight is 382 g/mol. The van der Waals surface area contributed by atoms with Crippen molar-refractivity contribution in [3.05, 3.63) is 51.8 Å². The average Bonchev–Trinajstić information content (AvgIpc) is 2.45. The van der Waals surface area contributed by atoms with Crippen LogP contribution in [0.1, 0.15) is 6.92 Å². The Kier molecular flexibility index (Phi) is 7.60. The summed E-state index contributed by atoms with van der Waals surface area (Å²) in [7, 11) is 1.55. The molecule has 1 heterocycles. The van der Waals surface area contributed by atoms with E-state index in [4.69, 9.17) is 21.1 Å². The van der Waals surface area contributed by atoms with Gasteiger partial charge in [0, 0.05) is 46.4 Å². The summed E-state index contributed by atoms with van der Waals surface area (Å²) in [5, 5.41) is 0.502. The zero-order valence-corrected chi connectivity index (χ0v) is 15.5. The van der Waals surface area contributed by atoms with Crippen LogP contribution in [-0.2, 0) is 44.0 Å². The van der Waals surface area contributed by atoms with Crippen LogP contribution in [0.3, 0.4) is 0 Å². The number of methoxy groups -OCH3 is 1. The third-order valence-electron chi connectivity index (χ3n) is 2.84. The Bertz CT molecular complexity index is 658. The van der Waals surface area contributed by atoms with Crippen LogP contribution in [0, 0.1) is 6.07 Å². The van der Waals surface area contributed by atoms with Gasteiger partial charge in [-0.15, -0.1) is 6.07 Å². The number of hydrogen-bond donors (Lipinski definition) is 0. The second-order valence-electron chi connectivity index (χ2n) is 4.10. The van der Waals surface area contributed by atoms with Gasteiger partial charge in [0.25, 0.3) is 0 Å². The van der Waals surface area contributed by atoms with Crippen molar-refractivity contribution in [1.82, 2.24) is 4.57 Å². The molecule has 1 radical (unpaired) electrons. The third-order valence-corrected chi connectivity index (χ3v) is 3.15. The summed E-state index contributed by atoms with van der Waals surface area (Å²) in [5.74, 6) is 0.613. The van der Waals surface area contributed by atoms with Crippen molar-refractivity contribution < 1.29 is 42.2 Å². The SMILES string of the molecule is CCn1c(-c2ccc(OCOC)cc2Cl)[c-]ccc1=O.[Y]. The molecular weight excluding hydrogens is 367 g/mol. The van der Waals surface area contributed by atoms with Gasteiger partial charge in [-0.05, 0) is 24.1 Å². The van der Waals surface area contributed by atoms with Crippen molar-refractivity contribution in [3.8, 4) is 17.0 Å². The minimum atomic E-state index is -0.0722. The molecule has 0 amide bonds. The summed E-state index contributed by atoms with van der Waals surface area (Å²) < 4.78 is 11.8.